The number of ketones is 1. The fourth-order valence-electron chi connectivity index (χ4n) is 3.42. The van der Waals surface area contributed by atoms with Gasteiger partial charge in [0.25, 0.3) is 0 Å². The second-order valence-electron chi connectivity index (χ2n) is 6.82. The van der Waals surface area contributed by atoms with Crippen LogP contribution in [0.5, 0.6) is 0 Å². The molecule has 7 heteroatoms. The van der Waals surface area contributed by atoms with Gasteiger partial charge in [-0.2, -0.15) is 0 Å². The molecule has 0 aromatic carbocycles. The third-order valence-corrected chi connectivity index (χ3v) is 5.11. The number of aliphatic hydroxyl groups is 2. The molecule has 1 saturated heterocycles. The molecule has 6 nitrogen and oxygen atoms in total. The van der Waals surface area contributed by atoms with Gasteiger partial charge in [-0.15, -0.1) is 0 Å². The predicted molar refractivity (Wildman–Crippen MR) is 83.7 cm³/mol. The zero-order valence-corrected chi connectivity index (χ0v) is 13.9. The maximum atomic E-state index is 12.0. The molecule has 1 aliphatic carbocycles. The molecule has 2 aliphatic rings. The number of carbonyl (C=O) groups is 1. The lowest BCUT2D eigenvalue weighted by Gasteiger charge is -2.25. The number of nitrogens with one attached hydrogen (secondary N) is 1. The Bertz CT molecular complexity index is 430. The summed E-state index contributed by atoms with van der Waals surface area (Å²) in [7, 11) is 6.93. The Labute approximate surface area is 133 Å². The van der Waals surface area contributed by atoms with Crippen molar-refractivity contribution in [2.75, 3.05) is 13.7 Å². The highest BCUT2D eigenvalue weighted by Crippen LogP contribution is 2.42. The first-order chi connectivity index (χ1) is 10.2. The first kappa shape index (κ1) is 17.9. The highest BCUT2D eigenvalue weighted by molar-refractivity contribution is 6.21. The highest BCUT2D eigenvalue weighted by atomic mass is 16.6. The summed E-state index contributed by atoms with van der Waals surface area (Å²) in [5.74, 6) is -1.34. The molecule has 1 heterocycles. The average Bonchev–Trinajstić information content (AvgIpc) is 3.34. The monoisotopic (exact) mass is 310 g/mol. The normalized spacial score (nSPS) is 40.8. The maximum absolute atomic E-state index is 12.0. The summed E-state index contributed by atoms with van der Waals surface area (Å²) < 4.78 is 5.04. The molecular weight excluding hydrogens is 283 g/mol. The van der Waals surface area contributed by atoms with E-state index in [1.54, 1.807) is 6.92 Å². The van der Waals surface area contributed by atoms with Crippen molar-refractivity contribution >= 4 is 13.6 Å². The molecule has 0 bridgehead atoms. The number of hydrogen-bond donors (Lipinski definition) is 3. The van der Waals surface area contributed by atoms with Gasteiger partial charge in [-0.25, -0.2) is 0 Å². The Morgan fingerprint density at radius 3 is 2.64 bits per heavy atom. The predicted octanol–water partition coefficient (Wildman–Crippen LogP) is -0.558. The van der Waals surface area contributed by atoms with Crippen LogP contribution in [-0.2, 0) is 9.53 Å². The van der Waals surface area contributed by atoms with Gasteiger partial charge in [-0.3, -0.25) is 9.69 Å². The molecule has 1 aliphatic heterocycles. The number of ether oxygens (including phenoxy) is 1. The van der Waals surface area contributed by atoms with E-state index in [2.05, 4.69) is 5.32 Å². The van der Waals surface area contributed by atoms with Crippen molar-refractivity contribution < 1.29 is 19.7 Å². The fraction of sp³-hybridized carbons (Fsp3) is 0.933. The molecule has 0 amide bonds. The minimum atomic E-state index is -1.30. The van der Waals surface area contributed by atoms with E-state index in [-0.39, 0.29) is 48.4 Å². The molecule has 2 fully saturated rings. The van der Waals surface area contributed by atoms with Gasteiger partial charge in [-0.05, 0) is 33.0 Å². The SMILES string of the molecule is [B]CC(=O)C1C(C(C)NC2(CC)CC2O)N1CC(C)(O)OC. The van der Waals surface area contributed by atoms with Gasteiger partial charge in [0.05, 0.1) is 26.5 Å². The first-order valence-electron chi connectivity index (χ1n) is 7.93. The molecule has 0 aromatic heterocycles. The molecule has 7 atom stereocenters. The summed E-state index contributed by atoms with van der Waals surface area (Å²) in [5.41, 5.74) is -0.228. The van der Waals surface area contributed by atoms with Crippen LogP contribution in [0, 0.1) is 0 Å². The van der Waals surface area contributed by atoms with Crippen molar-refractivity contribution in [2.45, 2.75) is 75.5 Å². The Kier molecular flexibility index (Phi) is 5.04. The van der Waals surface area contributed by atoms with Crippen molar-refractivity contribution in [3.8, 4) is 0 Å². The number of β-amino-alcohol motifs (C(OH)–C–C–N with tert-alkyl or cyclic N) is 1. The molecule has 22 heavy (non-hydrogen) atoms. The van der Waals surface area contributed by atoms with E-state index in [1.165, 1.54) is 7.11 Å². The van der Waals surface area contributed by atoms with E-state index >= 15 is 0 Å². The number of carbonyl (C=O) groups excluding carboxylic acids is 1. The van der Waals surface area contributed by atoms with Crippen molar-refractivity contribution in [3.63, 3.8) is 0 Å². The van der Waals surface area contributed by atoms with Gasteiger partial charge in [0.2, 0.25) is 0 Å². The third kappa shape index (κ3) is 3.38. The molecule has 124 valence electrons. The Balaban J connectivity index is 2.02. The Morgan fingerprint density at radius 2 is 2.23 bits per heavy atom. The molecule has 3 N–H and O–H groups in total. The van der Waals surface area contributed by atoms with E-state index in [4.69, 9.17) is 12.6 Å². The molecular formula is C15H27BN2O4. The van der Waals surface area contributed by atoms with Crippen molar-refractivity contribution in [1.29, 1.82) is 0 Å². The van der Waals surface area contributed by atoms with Gasteiger partial charge in [0, 0.05) is 24.7 Å². The summed E-state index contributed by atoms with van der Waals surface area (Å²) in [6.45, 7) is 5.87. The second kappa shape index (κ2) is 6.21. The third-order valence-electron chi connectivity index (χ3n) is 5.11. The standard InChI is InChI=1S/C15H27BN2O4/c1-5-15(6-11(15)20)17-9(2)12-13(10(19)7-16)18(12)8-14(3,21)22-4/h9,11-13,17,20-21H,5-8H2,1-4H3. The fourth-order valence-corrected chi connectivity index (χ4v) is 3.42. The van der Waals surface area contributed by atoms with Gasteiger partial charge < -0.3 is 20.3 Å². The quantitative estimate of drug-likeness (QED) is 0.301. The lowest BCUT2D eigenvalue weighted by atomic mass is 9.96. The zero-order chi connectivity index (χ0) is 16.7. The molecule has 0 spiro atoms. The van der Waals surface area contributed by atoms with Crippen LogP contribution in [0.1, 0.15) is 33.6 Å². The summed E-state index contributed by atoms with van der Waals surface area (Å²) in [6.07, 6.45) is 1.25. The number of rotatable bonds is 9. The minimum Gasteiger partial charge on any atom is -0.391 e. The number of methoxy groups -OCH3 is 1. The van der Waals surface area contributed by atoms with Crippen LogP contribution in [-0.4, -0.2) is 78.0 Å². The average molecular weight is 310 g/mol. The maximum Gasteiger partial charge on any atom is 0.175 e. The van der Waals surface area contributed by atoms with Gasteiger partial charge in [0.1, 0.15) is 5.78 Å². The zero-order valence-electron chi connectivity index (χ0n) is 13.9. The van der Waals surface area contributed by atoms with Gasteiger partial charge in [0.15, 0.2) is 5.79 Å². The number of aliphatic hydroxyl groups excluding tert-OH is 1. The number of Topliss-reactive ketones (excluding diaryl/α,β-unsaturated/α-hetero) is 1. The van der Waals surface area contributed by atoms with Crippen LogP contribution < -0.4 is 5.32 Å². The molecule has 2 rings (SSSR count). The van der Waals surface area contributed by atoms with Crippen LogP contribution in [0.3, 0.4) is 0 Å². The first-order valence-corrected chi connectivity index (χ1v) is 7.93. The lowest BCUT2D eigenvalue weighted by molar-refractivity contribution is -0.175. The van der Waals surface area contributed by atoms with Gasteiger partial charge >= 0.3 is 0 Å². The number of nitrogens with zero attached hydrogens (tertiary/aromatic N) is 1. The lowest BCUT2D eigenvalue weighted by Crippen LogP contribution is -2.45. The second-order valence-corrected chi connectivity index (χ2v) is 6.82. The summed E-state index contributed by atoms with van der Waals surface area (Å²) in [6, 6.07) is -0.307. The van der Waals surface area contributed by atoms with Crippen LogP contribution in [0.25, 0.3) is 0 Å². The highest BCUT2D eigenvalue weighted by Gasteiger charge is 2.59. The molecule has 2 radical (unpaired) electrons. The van der Waals surface area contributed by atoms with Crippen molar-refractivity contribution in [2.24, 2.45) is 0 Å². The summed E-state index contributed by atoms with van der Waals surface area (Å²) in [5, 5.41) is 23.4. The molecule has 0 aromatic rings. The summed E-state index contributed by atoms with van der Waals surface area (Å²) in [4.78, 5) is 13.9. The topological polar surface area (TPSA) is 81.8 Å². The van der Waals surface area contributed by atoms with E-state index < -0.39 is 5.79 Å². The Hall–Kier alpha value is -0.465. The molecule has 7 unspecified atom stereocenters. The van der Waals surface area contributed by atoms with Gasteiger partial charge in [-0.1, -0.05) is 6.92 Å². The van der Waals surface area contributed by atoms with Crippen LogP contribution >= 0.6 is 0 Å². The smallest absolute Gasteiger partial charge is 0.175 e. The van der Waals surface area contributed by atoms with Crippen LogP contribution in [0.15, 0.2) is 0 Å². The Morgan fingerprint density at radius 1 is 1.64 bits per heavy atom. The van der Waals surface area contributed by atoms with E-state index in [1.807, 2.05) is 18.7 Å². The van der Waals surface area contributed by atoms with Crippen LogP contribution in [0.4, 0.5) is 0 Å². The largest absolute Gasteiger partial charge is 0.391 e. The van der Waals surface area contributed by atoms with E-state index in [0.717, 1.165) is 12.8 Å². The van der Waals surface area contributed by atoms with Crippen molar-refractivity contribution in [1.82, 2.24) is 10.2 Å². The number of hydrogen-bond acceptors (Lipinski definition) is 6. The minimum absolute atomic E-state index is 0.0128. The van der Waals surface area contributed by atoms with E-state index in [0.29, 0.717) is 0 Å². The molecule has 1 saturated carbocycles. The van der Waals surface area contributed by atoms with Crippen molar-refractivity contribution in [3.05, 3.63) is 0 Å². The summed E-state index contributed by atoms with van der Waals surface area (Å²) >= 11 is 0. The van der Waals surface area contributed by atoms with Crippen LogP contribution in [0.2, 0.25) is 6.32 Å². The van der Waals surface area contributed by atoms with E-state index in [9.17, 15) is 15.0 Å².